The molecule has 0 saturated heterocycles. The summed E-state index contributed by atoms with van der Waals surface area (Å²) in [5.41, 5.74) is 0. The predicted molar refractivity (Wildman–Crippen MR) is 81.7 cm³/mol. The van der Waals surface area contributed by atoms with E-state index in [1.807, 2.05) is 24.9 Å². The second-order valence-electron chi connectivity index (χ2n) is 4.28. The van der Waals surface area contributed by atoms with Crippen molar-refractivity contribution < 1.29 is 4.74 Å². The SMILES string of the molecule is CCNc1nc(OC)nc(N(C)C(C)c2cccs2)n1. The number of ether oxygens (including phenoxy) is 1. The molecule has 0 aliphatic heterocycles. The molecule has 0 aliphatic carbocycles. The molecule has 0 saturated carbocycles. The van der Waals surface area contributed by atoms with E-state index in [1.54, 1.807) is 18.4 Å². The van der Waals surface area contributed by atoms with Crippen LogP contribution in [-0.2, 0) is 0 Å². The van der Waals surface area contributed by atoms with Gasteiger partial charge in [0.2, 0.25) is 11.9 Å². The third-order valence-corrected chi connectivity index (χ3v) is 4.01. The lowest BCUT2D eigenvalue weighted by atomic mass is 10.2. The van der Waals surface area contributed by atoms with E-state index < -0.39 is 0 Å². The minimum Gasteiger partial charge on any atom is -0.467 e. The number of nitrogens with one attached hydrogen (secondary N) is 1. The molecular formula is C13H19N5OS. The Hall–Kier alpha value is -1.89. The summed E-state index contributed by atoms with van der Waals surface area (Å²) in [7, 11) is 3.52. The fraction of sp³-hybridized carbons (Fsp3) is 0.462. The maximum atomic E-state index is 5.14. The maximum Gasteiger partial charge on any atom is 0.322 e. The highest BCUT2D eigenvalue weighted by Crippen LogP contribution is 2.27. The molecule has 2 aromatic heterocycles. The van der Waals surface area contributed by atoms with Gasteiger partial charge in [0.25, 0.3) is 0 Å². The van der Waals surface area contributed by atoms with Crippen LogP contribution in [0.1, 0.15) is 24.8 Å². The van der Waals surface area contributed by atoms with Crippen LogP contribution >= 0.6 is 11.3 Å². The number of hydrogen-bond donors (Lipinski definition) is 1. The fourth-order valence-electron chi connectivity index (χ4n) is 1.73. The van der Waals surface area contributed by atoms with E-state index in [1.165, 1.54) is 4.88 Å². The molecule has 1 N–H and O–H groups in total. The van der Waals surface area contributed by atoms with Crippen molar-refractivity contribution in [1.82, 2.24) is 15.0 Å². The van der Waals surface area contributed by atoms with Gasteiger partial charge in [-0.15, -0.1) is 11.3 Å². The Morgan fingerprint density at radius 1 is 1.40 bits per heavy atom. The van der Waals surface area contributed by atoms with Gasteiger partial charge in [0, 0.05) is 18.5 Å². The normalized spacial score (nSPS) is 12.0. The molecule has 108 valence electrons. The second kappa shape index (κ2) is 6.51. The minimum absolute atomic E-state index is 0.191. The van der Waals surface area contributed by atoms with Crippen molar-refractivity contribution in [2.75, 3.05) is 30.9 Å². The van der Waals surface area contributed by atoms with Crippen molar-refractivity contribution in [1.29, 1.82) is 0 Å². The van der Waals surface area contributed by atoms with Crippen LogP contribution in [-0.4, -0.2) is 35.7 Å². The van der Waals surface area contributed by atoms with Crippen molar-refractivity contribution >= 4 is 23.2 Å². The van der Waals surface area contributed by atoms with Gasteiger partial charge in [-0.1, -0.05) is 6.07 Å². The van der Waals surface area contributed by atoms with Crippen LogP contribution in [0.2, 0.25) is 0 Å². The summed E-state index contributed by atoms with van der Waals surface area (Å²) < 4.78 is 5.14. The zero-order valence-electron chi connectivity index (χ0n) is 12.1. The lowest BCUT2D eigenvalue weighted by molar-refractivity contribution is 0.378. The number of nitrogens with zero attached hydrogens (tertiary/aromatic N) is 4. The quantitative estimate of drug-likeness (QED) is 0.883. The van der Waals surface area contributed by atoms with E-state index in [9.17, 15) is 0 Å². The standard InChI is InChI=1S/C13H19N5OS/c1-5-14-11-15-12(17-13(16-11)19-4)18(3)9(2)10-7-6-8-20-10/h6-9H,5H2,1-4H3,(H,14,15,16,17). The lowest BCUT2D eigenvalue weighted by Gasteiger charge is -2.24. The number of rotatable bonds is 6. The maximum absolute atomic E-state index is 5.14. The first kappa shape index (κ1) is 14.5. The number of methoxy groups -OCH3 is 1. The zero-order chi connectivity index (χ0) is 14.5. The smallest absolute Gasteiger partial charge is 0.322 e. The molecule has 2 heterocycles. The van der Waals surface area contributed by atoms with Crippen molar-refractivity contribution in [3.8, 4) is 6.01 Å². The van der Waals surface area contributed by atoms with Crippen LogP contribution in [0.4, 0.5) is 11.9 Å². The third-order valence-electron chi connectivity index (χ3n) is 2.97. The Morgan fingerprint density at radius 3 is 2.80 bits per heavy atom. The Kier molecular flexibility index (Phi) is 4.73. The largest absolute Gasteiger partial charge is 0.467 e. The van der Waals surface area contributed by atoms with E-state index in [0.29, 0.717) is 17.9 Å². The molecular weight excluding hydrogens is 274 g/mol. The van der Waals surface area contributed by atoms with Crippen molar-refractivity contribution in [2.45, 2.75) is 19.9 Å². The van der Waals surface area contributed by atoms with E-state index in [0.717, 1.165) is 6.54 Å². The Balaban J connectivity index is 2.28. The highest BCUT2D eigenvalue weighted by Gasteiger charge is 2.17. The van der Waals surface area contributed by atoms with E-state index >= 15 is 0 Å². The average Bonchev–Trinajstić information content (AvgIpc) is 2.99. The summed E-state index contributed by atoms with van der Waals surface area (Å²) in [4.78, 5) is 16.2. The molecule has 1 atom stereocenters. The van der Waals surface area contributed by atoms with Crippen LogP contribution in [0.3, 0.4) is 0 Å². The average molecular weight is 293 g/mol. The van der Waals surface area contributed by atoms with Crippen LogP contribution in [0.15, 0.2) is 17.5 Å². The van der Waals surface area contributed by atoms with Crippen molar-refractivity contribution in [3.05, 3.63) is 22.4 Å². The Bertz CT molecular complexity index is 546. The van der Waals surface area contributed by atoms with Crippen LogP contribution in [0, 0.1) is 0 Å². The molecule has 0 radical (unpaired) electrons. The summed E-state index contributed by atoms with van der Waals surface area (Å²) in [5.74, 6) is 1.12. The first-order valence-corrected chi connectivity index (χ1v) is 7.33. The molecule has 2 aromatic rings. The summed E-state index contributed by atoms with van der Waals surface area (Å²) in [6.45, 7) is 4.86. The van der Waals surface area contributed by atoms with Gasteiger partial charge < -0.3 is 15.0 Å². The number of anilines is 2. The molecule has 0 aliphatic rings. The molecule has 2 rings (SSSR count). The van der Waals surface area contributed by atoms with Gasteiger partial charge in [0.1, 0.15) is 0 Å². The number of hydrogen-bond acceptors (Lipinski definition) is 7. The van der Waals surface area contributed by atoms with E-state index in [-0.39, 0.29) is 6.04 Å². The molecule has 0 amide bonds. The third kappa shape index (κ3) is 3.16. The summed E-state index contributed by atoms with van der Waals surface area (Å²) in [6, 6.07) is 4.66. The highest BCUT2D eigenvalue weighted by molar-refractivity contribution is 7.10. The highest BCUT2D eigenvalue weighted by atomic mass is 32.1. The zero-order valence-corrected chi connectivity index (χ0v) is 12.9. The predicted octanol–water partition coefficient (Wildman–Crippen LogP) is 2.57. The molecule has 1 unspecified atom stereocenters. The summed E-state index contributed by atoms with van der Waals surface area (Å²) in [5, 5.41) is 5.15. The van der Waals surface area contributed by atoms with Gasteiger partial charge in [0.15, 0.2) is 0 Å². The van der Waals surface area contributed by atoms with Gasteiger partial charge >= 0.3 is 6.01 Å². The van der Waals surface area contributed by atoms with Gasteiger partial charge in [0.05, 0.1) is 13.2 Å². The molecule has 0 fully saturated rings. The first-order valence-electron chi connectivity index (χ1n) is 6.45. The fourth-order valence-corrected chi connectivity index (χ4v) is 2.55. The minimum atomic E-state index is 0.191. The number of thiophene rings is 1. The second-order valence-corrected chi connectivity index (χ2v) is 5.26. The Morgan fingerprint density at radius 2 is 2.20 bits per heavy atom. The molecule has 0 bridgehead atoms. The molecule has 0 aromatic carbocycles. The van der Waals surface area contributed by atoms with Gasteiger partial charge in [-0.2, -0.15) is 15.0 Å². The molecule has 0 spiro atoms. The number of aromatic nitrogens is 3. The Labute approximate surface area is 122 Å². The van der Waals surface area contributed by atoms with Gasteiger partial charge in [-0.25, -0.2) is 0 Å². The van der Waals surface area contributed by atoms with Gasteiger partial charge in [-0.3, -0.25) is 0 Å². The van der Waals surface area contributed by atoms with E-state index in [4.69, 9.17) is 4.74 Å². The first-order chi connectivity index (χ1) is 9.65. The molecule has 20 heavy (non-hydrogen) atoms. The van der Waals surface area contributed by atoms with Crippen molar-refractivity contribution in [3.63, 3.8) is 0 Å². The summed E-state index contributed by atoms with van der Waals surface area (Å²) >= 11 is 1.72. The van der Waals surface area contributed by atoms with Crippen LogP contribution < -0.4 is 15.0 Å². The summed E-state index contributed by atoms with van der Waals surface area (Å²) in [6.07, 6.45) is 0. The lowest BCUT2D eigenvalue weighted by Crippen LogP contribution is -2.24. The van der Waals surface area contributed by atoms with E-state index in [2.05, 4.69) is 38.6 Å². The van der Waals surface area contributed by atoms with Gasteiger partial charge in [-0.05, 0) is 25.3 Å². The van der Waals surface area contributed by atoms with Crippen LogP contribution in [0.5, 0.6) is 6.01 Å². The molecule has 6 nitrogen and oxygen atoms in total. The van der Waals surface area contributed by atoms with Crippen LogP contribution in [0.25, 0.3) is 0 Å². The molecule has 7 heteroatoms. The van der Waals surface area contributed by atoms with Crippen molar-refractivity contribution in [2.24, 2.45) is 0 Å². The topological polar surface area (TPSA) is 63.2 Å². The monoisotopic (exact) mass is 293 g/mol.